The fraction of sp³-hybridized carbons (Fsp3) is 0.300. The van der Waals surface area contributed by atoms with Crippen molar-refractivity contribution in [1.82, 2.24) is 19.7 Å². The third-order valence-corrected chi connectivity index (χ3v) is 5.09. The van der Waals surface area contributed by atoms with Crippen molar-refractivity contribution in [2.75, 3.05) is 7.11 Å². The molecule has 12 heteroatoms. The van der Waals surface area contributed by atoms with Gasteiger partial charge in [-0.1, -0.05) is 6.07 Å². The van der Waals surface area contributed by atoms with E-state index in [1.807, 2.05) is 0 Å². The molecule has 0 aliphatic carbocycles. The van der Waals surface area contributed by atoms with Gasteiger partial charge in [0.15, 0.2) is 11.9 Å². The second kappa shape index (κ2) is 7.77. The zero-order valence-electron chi connectivity index (χ0n) is 17.0. The SMILES string of the molecule is COc1cnc(-n2cc(-c3ccc(F)c([C@]4(C)C[C@@H](C(F)(F)F)OC(N)=N4)c3)cn2)cn1. The number of methoxy groups -OCH3 is 1. The maximum Gasteiger partial charge on any atom is 0.425 e. The number of nitrogens with zero attached hydrogens (tertiary/aromatic N) is 5. The molecule has 2 N–H and O–H groups in total. The zero-order chi connectivity index (χ0) is 23.1. The molecule has 0 bridgehead atoms. The summed E-state index contributed by atoms with van der Waals surface area (Å²) in [7, 11) is 1.47. The normalized spacial score (nSPS) is 21.1. The van der Waals surface area contributed by atoms with Crippen LogP contribution in [0.3, 0.4) is 0 Å². The average molecular weight is 450 g/mol. The maximum absolute atomic E-state index is 14.7. The van der Waals surface area contributed by atoms with E-state index in [0.29, 0.717) is 22.8 Å². The molecule has 0 saturated carbocycles. The molecule has 8 nitrogen and oxygen atoms in total. The van der Waals surface area contributed by atoms with Crippen LogP contribution in [-0.2, 0) is 10.3 Å². The van der Waals surface area contributed by atoms with Crippen molar-refractivity contribution >= 4 is 6.02 Å². The van der Waals surface area contributed by atoms with Crippen LogP contribution in [-0.4, -0.2) is 45.2 Å². The van der Waals surface area contributed by atoms with Crippen LogP contribution in [0.4, 0.5) is 17.6 Å². The van der Waals surface area contributed by atoms with Gasteiger partial charge in [0.2, 0.25) is 5.88 Å². The Balaban J connectivity index is 1.69. The van der Waals surface area contributed by atoms with Gasteiger partial charge in [-0.05, 0) is 24.6 Å². The van der Waals surface area contributed by atoms with Crippen molar-refractivity contribution < 1.29 is 27.0 Å². The van der Waals surface area contributed by atoms with E-state index in [0.717, 1.165) is 0 Å². The predicted molar refractivity (Wildman–Crippen MR) is 106 cm³/mol. The number of halogens is 4. The number of nitrogens with two attached hydrogens (primary N) is 1. The highest BCUT2D eigenvalue weighted by Gasteiger charge is 2.50. The van der Waals surface area contributed by atoms with Crippen LogP contribution in [0.1, 0.15) is 18.9 Å². The quantitative estimate of drug-likeness (QED) is 0.612. The van der Waals surface area contributed by atoms with Gasteiger partial charge in [-0.2, -0.15) is 18.3 Å². The van der Waals surface area contributed by atoms with Crippen LogP contribution >= 0.6 is 0 Å². The van der Waals surface area contributed by atoms with Crippen molar-refractivity contribution in [3.8, 4) is 22.8 Å². The molecule has 0 amide bonds. The third-order valence-electron chi connectivity index (χ3n) is 5.09. The van der Waals surface area contributed by atoms with E-state index in [-0.39, 0.29) is 5.56 Å². The largest absolute Gasteiger partial charge is 0.480 e. The summed E-state index contributed by atoms with van der Waals surface area (Å²) in [6.07, 6.45) is -1.43. The van der Waals surface area contributed by atoms with Crippen LogP contribution in [0.15, 0.2) is 48.0 Å². The van der Waals surface area contributed by atoms with Gasteiger partial charge >= 0.3 is 6.18 Å². The van der Waals surface area contributed by atoms with Gasteiger partial charge in [-0.25, -0.2) is 24.0 Å². The summed E-state index contributed by atoms with van der Waals surface area (Å²) in [5, 5.41) is 4.22. The summed E-state index contributed by atoms with van der Waals surface area (Å²) in [4.78, 5) is 12.2. The summed E-state index contributed by atoms with van der Waals surface area (Å²) in [6.45, 7) is 1.39. The highest BCUT2D eigenvalue weighted by Crippen LogP contribution is 2.41. The first-order chi connectivity index (χ1) is 15.1. The molecule has 2 atom stereocenters. The highest BCUT2D eigenvalue weighted by molar-refractivity contribution is 5.73. The monoisotopic (exact) mass is 450 g/mol. The summed E-state index contributed by atoms with van der Waals surface area (Å²) in [5.41, 5.74) is 5.00. The molecule has 0 spiro atoms. The molecule has 2 aromatic heterocycles. The summed E-state index contributed by atoms with van der Waals surface area (Å²) in [6, 6.07) is 3.46. The molecule has 32 heavy (non-hydrogen) atoms. The number of alkyl halides is 3. The molecule has 3 heterocycles. The Labute approximate surface area is 179 Å². The van der Waals surface area contributed by atoms with Gasteiger partial charge in [-0.3, -0.25) is 0 Å². The number of aliphatic imine (C=N–C) groups is 1. The van der Waals surface area contributed by atoms with Gasteiger partial charge in [0.25, 0.3) is 6.02 Å². The number of rotatable bonds is 4. The van der Waals surface area contributed by atoms with E-state index in [9.17, 15) is 17.6 Å². The Morgan fingerprint density at radius 3 is 2.62 bits per heavy atom. The Kier molecular flexibility index (Phi) is 5.23. The molecule has 1 aromatic carbocycles. The van der Waals surface area contributed by atoms with Crippen LogP contribution in [0.2, 0.25) is 0 Å². The topological polar surface area (TPSA) is 100 Å². The first-order valence-corrected chi connectivity index (χ1v) is 9.39. The lowest BCUT2D eigenvalue weighted by atomic mass is 9.84. The molecule has 4 rings (SSSR count). The number of amidine groups is 1. The second-order valence-corrected chi connectivity index (χ2v) is 7.36. The van der Waals surface area contributed by atoms with Gasteiger partial charge in [0.1, 0.15) is 5.82 Å². The minimum absolute atomic E-state index is 0.0347. The first-order valence-electron chi connectivity index (χ1n) is 9.39. The highest BCUT2D eigenvalue weighted by atomic mass is 19.4. The number of hydrogen-bond donors (Lipinski definition) is 1. The zero-order valence-corrected chi connectivity index (χ0v) is 17.0. The molecule has 0 fully saturated rings. The van der Waals surface area contributed by atoms with Crippen molar-refractivity contribution in [2.45, 2.75) is 31.2 Å². The number of hydrogen-bond acceptors (Lipinski definition) is 7. The molecular formula is C20H18F4N6O2. The fourth-order valence-corrected chi connectivity index (χ4v) is 3.46. The molecular weight excluding hydrogens is 432 g/mol. The summed E-state index contributed by atoms with van der Waals surface area (Å²) < 4.78 is 65.6. The Morgan fingerprint density at radius 2 is 1.97 bits per heavy atom. The lowest BCUT2D eigenvalue weighted by Crippen LogP contribution is -2.46. The number of benzene rings is 1. The molecule has 1 aliphatic heterocycles. The van der Waals surface area contributed by atoms with Gasteiger partial charge in [0.05, 0.1) is 31.2 Å². The van der Waals surface area contributed by atoms with Crippen molar-refractivity contribution in [1.29, 1.82) is 0 Å². The van der Waals surface area contributed by atoms with E-state index in [1.165, 1.54) is 55.5 Å². The van der Waals surface area contributed by atoms with Crippen molar-refractivity contribution in [3.63, 3.8) is 0 Å². The number of ether oxygens (including phenoxy) is 2. The first kappa shape index (κ1) is 21.5. The Morgan fingerprint density at radius 1 is 1.19 bits per heavy atom. The fourth-order valence-electron chi connectivity index (χ4n) is 3.46. The third kappa shape index (κ3) is 4.07. The van der Waals surface area contributed by atoms with Crippen LogP contribution in [0.5, 0.6) is 5.88 Å². The molecule has 0 unspecified atom stereocenters. The van der Waals surface area contributed by atoms with Crippen LogP contribution in [0, 0.1) is 5.82 Å². The van der Waals surface area contributed by atoms with Gasteiger partial charge < -0.3 is 15.2 Å². The maximum atomic E-state index is 14.7. The summed E-state index contributed by atoms with van der Waals surface area (Å²) >= 11 is 0. The smallest absolute Gasteiger partial charge is 0.425 e. The Bertz CT molecular complexity index is 1160. The summed E-state index contributed by atoms with van der Waals surface area (Å²) in [5.74, 6) is 0.0520. The second-order valence-electron chi connectivity index (χ2n) is 7.36. The predicted octanol–water partition coefficient (Wildman–Crippen LogP) is 3.36. The van der Waals surface area contributed by atoms with Gasteiger partial charge in [0, 0.05) is 23.7 Å². The lowest BCUT2D eigenvalue weighted by Gasteiger charge is -2.36. The average Bonchev–Trinajstić information content (AvgIpc) is 3.23. The van der Waals surface area contributed by atoms with E-state index in [2.05, 4.69) is 24.8 Å². The van der Waals surface area contributed by atoms with E-state index >= 15 is 0 Å². The van der Waals surface area contributed by atoms with Crippen LogP contribution in [0.25, 0.3) is 16.9 Å². The van der Waals surface area contributed by atoms with E-state index < -0.39 is 36.1 Å². The minimum atomic E-state index is -4.67. The standard InChI is InChI=1S/C20H18F4N6O2/c1-19(6-15(20(22,23)24)32-18(25)29-19)13-5-11(3-4-14(13)21)12-7-28-30(10-12)16-8-27-17(31-2)9-26-16/h3-5,7-10,15H,6H2,1-2H3,(H2,25,29)/t15-,19-/m0/s1. The van der Waals surface area contributed by atoms with Crippen molar-refractivity contribution in [3.05, 3.63) is 54.4 Å². The van der Waals surface area contributed by atoms with E-state index in [4.69, 9.17) is 10.5 Å². The Hall–Kier alpha value is -3.70. The van der Waals surface area contributed by atoms with Crippen molar-refractivity contribution in [2.24, 2.45) is 10.7 Å². The molecule has 168 valence electrons. The molecule has 0 radical (unpaired) electrons. The molecule has 3 aromatic rings. The lowest BCUT2D eigenvalue weighted by molar-refractivity contribution is -0.208. The van der Waals surface area contributed by atoms with E-state index in [1.54, 1.807) is 6.20 Å². The molecule has 1 aliphatic rings. The van der Waals surface area contributed by atoms with Gasteiger partial charge in [-0.15, -0.1) is 0 Å². The molecule has 0 saturated heterocycles. The number of aromatic nitrogens is 4. The minimum Gasteiger partial charge on any atom is -0.480 e. The van der Waals surface area contributed by atoms with Crippen LogP contribution < -0.4 is 10.5 Å².